The number of carbonyl (C=O) groups is 1. The van der Waals surface area contributed by atoms with Crippen LogP contribution in [0, 0.1) is 0 Å². The lowest BCUT2D eigenvalue weighted by Gasteiger charge is -2.04. The molecule has 0 aliphatic heterocycles. The van der Waals surface area contributed by atoms with Gasteiger partial charge in [-0.05, 0) is 12.1 Å². The first-order valence-corrected chi connectivity index (χ1v) is 5.37. The van der Waals surface area contributed by atoms with Crippen LogP contribution in [0.4, 0.5) is 0 Å². The van der Waals surface area contributed by atoms with Gasteiger partial charge in [0.1, 0.15) is 0 Å². The van der Waals surface area contributed by atoms with E-state index in [4.69, 9.17) is 27.6 Å². The van der Waals surface area contributed by atoms with Gasteiger partial charge >= 0.3 is 5.97 Å². The van der Waals surface area contributed by atoms with Crippen molar-refractivity contribution in [1.82, 2.24) is 4.98 Å². The van der Waals surface area contributed by atoms with Crippen LogP contribution in [0.1, 0.15) is 10.5 Å². The van der Waals surface area contributed by atoms with Crippen molar-refractivity contribution in [3.63, 3.8) is 0 Å². The average Bonchev–Trinajstić information content (AvgIpc) is 2.77. The van der Waals surface area contributed by atoms with E-state index in [-0.39, 0.29) is 11.5 Å². The van der Waals surface area contributed by atoms with Crippen molar-refractivity contribution < 1.29 is 13.9 Å². The summed E-state index contributed by atoms with van der Waals surface area (Å²) in [5.41, 5.74) is 0.469. The summed E-state index contributed by atoms with van der Waals surface area (Å²) in [5.74, 6) is -0.405. The quantitative estimate of drug-likeness (QED) is 0.786. The fraction of sp³-hybridized carbons (Fsp3) is 0.0909. The van der Waals surface area contributed by atoms with Crippen LogP contribution in [-0.2, 0) is 4.74 Å². The molecule has 0 fully saturated rings. The molecule has 88 valence electrons. The molecule has 0 saturated heterocycles. The molecular weight excluding hydrogens is 265 g/mol. The van der Waals surface area contributed by atoms with Gasteiger partial charge < -0.3 is 9.15 Å². The molecule has 0 aliphatic rings. The highest BCUT2D eigenvalue weighted by Crippen LogP contribution is 2.36. The maximum atomic E-state index is 11.5. The second kappa shape index (κ2) is 4.77. The van der Waals surface area contributed by atoms with Crippen molar-refractivity contribution in [2.24, 2.45) is 0 Å². The van der Waals surface area contributed by atoms with Crippen LogP contribution < -0.4 is 0 Å². The van der Waals surface area contributed by atoms with Crippen LogP contribution in [0.5, 0.6) is 0 Å². The zero-order chi connectivity index (χ0) is 12.4. The number of oxazole rings is 1. The number of halogens is 2. The third-order valence-electron chi connectivity index (χ3n) is 2.14. The predicted molar refractivity (Wildman–Crippen MR) is 63.3 cm³/mol. The van der Waals surface area contributed by atoms with Crippen molar-refractivity contribution in [2.75, 3.05) is 7.11 Å². The molecule has 6 heteroatoms. The Morgan fingerprint density at radius 2 is 2.00 bits per heavy atom. The fourth-order valence-electron chi connectivity index (χ4n) is 1.38. The lowest BCUT2D eigenvalue weighted by Crippen LogP contribution is -2.03. The number of hydrogen-bond acceptors (Lipinski definition) is 4. The molecule has 4 nitrogen and oxygen atoms in total. The van der Waals surface area contributed by atoms with E-state index in [1.165, 1.54) is 7.11 Å². The summed E-state index contributed by atoms with van der Waals surface area (Å²) in [5, 5.41) is 0.749. The van der Waals surface area contributed by atoms with Crippen LogP contribution in [0.3, 0.4) is 0 Å². The zero-order valence-electron chi connectivity index (χ0n) is 8.74. The van der Waals surface area contributed by atoms with E-state index in [1.54, 1.807) is 18.2 Å². The summed E-state index contributed by atoms with van der Waals surface area (Å²) in [6.07, 6.45) is 1.14. The van der Waals surface area contributed by atoms with Crippen LogP contribution in [0.15, 0.2) is 29.0 Å². The summed E-state index contributed by atoms with van der Waals surface area (Å²) in [7, 11) is 1.26. The SMILES string of the molecule is COC(=O)c1ncoc1-c1c(Cl)cccc1Cl. The number of nitrogens with zero attached hydrogens (tertiary/aromatic N) is 1. The minimum atomic E-state index is -0.607. The number of hydrogen-bond donors (Lipinski definition) is 0. The summed E-state index contributed by atoms with van der Waals surface area (Å²) in [6.45, 7) is 0. The number of benzene rings is 1. The Morgan fingerprint density at radius 3 is 2.59 bits per heavy atom. The van der Waals surface area contributed by atoms with E-state index >= 15 is 0 Å². The summed E-state index contributed by atoms with van der Waals surface area (Å²) in [4.78, 5) is 15.2. The molecule has 0 atom stereocenters. The average molecular weight is 272 g/mol. The normalized spacial score (nSPS) is 10.3. The molecule has 0 bridgehead atoms. The number of esters is 1. The highest BCUT2D eigenvalue weighted by atomic mass is 35.5. The smallest absolute Gasteiger partial charge is 0.360 e. The van der Waals surface area contributed by atoms with Crippen molar-refractivity contribution in [2.45, 2.75) is 0 Å². The Labute approximate surface area is 107 Å². The number of ether oxygens (including phenoxy) is 1. The molecule has 0 spiro atoms. The lowest BCUT2D eigenvalue weighted by molar-refractivity contribution is 0.0595. The first-order chi connectivity index (χ1) is 8.15. The number of methoxy groups -OCH3 is 1. The Bertz CT molecular complexity index is 545. The topological polar surface area (TPSA) is 52.3 Å². The molecule has 1 heterocycles. The molecule has 0 aliphatic carbocycles. The number of rotatable bonds is 2. The van der Waals surface area contributed by atoms with E-state index in [0.29, 0.717) is 15.6 Å². The van der Waals surface area contributed by atoms with Crippen molar-refractivity contribution in [1.29, 1.82) is 0 Å². The minimum Gasteiger partial charge on any atom is -0.464 e. The van der Waals surface area contributed by atoms with E-state index < -0.39 is 5.97 Å². The van der Waals surface area contributed by atoms with Gasteiger partial charge in [0, 0.05) is 0 Å². The minimum absolute atomic E-state index is 0.0440. The Morgan fingerprint density at radius 1 is 1.35 bits per heavy atom. The van der Waals surface area contributed by atoms with E-state index in [9.17, 15) is 4.79 Å². The second-order valence-corrected chi connectivity index (χ2v) is 3.93. The van der Waals surface area contributed by atoms with E-state index in [1.807, 2.05) is 0 Å². The van der Waals surface area contributed by atoms with Crippen LogP contribution >= 0.6 is 23.2 Å². The maximum absolute atomic E-state index is 11.5. The molecule has 2 aromatic rings. The molecular formula is C11H7Cl2NO3. The first kappa shape index (κ1) is 12.0. The van der Waals surface area contributed by atoms with Gasteiger partial charge in [0.05, 0.1) is 22.7 Å². The van der Waals surface area contributed by atoms with E-state index in [2.05, 4.69) is 9.72 Å². The Kier molecular flexibility index (Phi) is 3.36. The molecule has 1 aromatic heterocycles. The third kappa shape index (κ3) is 2.14. The van der Waals surface area contributed by atoms with E-state index in [0.717, 1.165) is 6.39 Å². The van der Waals surface area contributed by atoms with Crippen molar-refractivity contribution in [3.05, 3.63) is 40.3 Å². The van der Waals surface area contributed by atoms with Crippen molar-refractivity contribution >= 4 is 29.2 Å². The van der Waals surface area contributed by atoms with Crippen LogP contribution in [0.2, 0.25) is 10.0 Å². The fourth-order valence-corrected chi connectivity index (χ4v) is 1.95. The highest BCUT2D eigenvalue weighted by molar-refractivity contribution is 6.39. The van der Waals surface area contributed by atoms with Gasteiger partial charge in [-0.15, -0.1) is 0 Å². The lowest BCUT2D eigenvalue weighted by atomic mass is 10.1. The zero-order valence-corrected chi connectivity index (χ0v) is 10.2. The van der Waals surface area contributed by atoms with Gasteiger partial charge in [-0.1, -0.05) is 29.3 Å². The molecule has 17 heavy (non-hydrogen) atoms. The standard InChI is InChI=1S/C11H7Cl2NO3/c1-16-11(15)9-10(17-5-14-9)8-6(12)3-2-4-7(8)13/h2-5H,1H3. The number of aromatic nitrogens is 1. The molecule has 0 radical (unpaired) electrons. The predicted octanol–water partition coefficient (Wildman–Crippen LogP) is 3.44. The molecule has 0 unspecified atom stereocenters. The number of carbonyl (C=O) groups excluding carboxylic acids is 1. The van der Waals surface area contributed by atoms with Gasteiger partial charge in [-0.2, -0.15) is 0 Å². The first-order valence-electron chi connectivity index (χ1n) is 4.61. The summed E-state index contributed by atoms with van der Waals surface area (Å²) >= 11 is 12.0. The van der Waals surface area contributed by atoms with Gasteiger partial charge in [-0.25, -0.2) is 9.78 Å². The summed E-state index contributed by atoms with van der Waals surface area (Å²) in [6, 6.07) is 4.99. The van der Waals surface area contributed by atoms with Gasteiger partial charge in [0.25, 0.3) is 0 Å². The van der Waals surface area contributed by atoms with Gasteiger partial charge in [0.15, 0.2) is 17.8 Å². The molecule has 0 saturated carbocycles. The van der Waals surface area contributed by atoms with Crippen molar-refractivity contribution in [3.8, 4) is 11.3 Å². The molecule has 0 N–H and O–H groups in total. The molecule has 2 rings (SSSR count). The maximum Gasteiger partial charge on any atom is 0.360 e. The third-order valence-corrected chi connectivity index (χ3v) is 2.77. The second-order valence-electron chi connectivity index (χ2n) is 3.12. The largest absolute Gasteiger partial charge is 0.464 e. The van der Waals surface area contributed by atoms with Crippen LogP contribution in [-0.4, -0.2) is 18.1 Å². The molecule has 1 aromatic carbocycles. The van der Waals surface area contributed by atoms with Crippen LogP contribution in [0.25, 0.3) is 11.3 Å². The molecule has 0 amide bonds. The van der Waals surface area contributed by atoms with Gasteiger partial charge in [0.2, 0.25) is 0 Å². The monoisotopic (exact) mass is 271 g/mol. The summed E-state index contributed by atoms with van der Waals surface area (Å²) < 4.78 is 9.74. The highest BCUT2D eigenvalue weighted by Gasteiger charge is 2.22. The Balaban J connectivity index is 2.62. The Hall–Kier alpha value is -1.52. The van der Waals surface area contributed by atoms with Gasteiger partial charge in [-0.3, -0.25) is 0 Å².